The van der Waals surface area contributed by atoms with Crippen LogP contribution in [0.4, 0.5) is 5.82 Å². The lowest BCUT2D eigenvalue weighted by atomic mass is 10.3. The van der Waals surface area contributed by atoms with Crippen molar-refractivity contribution in [1.29, 1.82) is 0 Å². The van der Waals surface area contributed by atoms with E-state index in [9.17, 15) is 4.79 Å². The highest BCUT2D eigenvalue weighted by Gasteiger charge is 2.13. The highest BCUT2D eigenvalue weighted by atomic mass is 35.5. The van der Waals surface area contributed by atoms with E-state index in [0.717, 1.165) is 5.56 Å². The second kappa shape index (κ2) is 6.38. The number of carbonyl (C=O) groups excluding carboxylic acids is 1. The molecule has 2 aromatic heterocycles. The number of nitrogens with zero attached hydrogens (tertiary/aromatic N) is 4. The standard InChI is InChI=1S/C13H16ClN5O/c1-18(12-4-3-11(14)7-15-12)9-13(20)19(2)8-10-5-16-17-6-10/h3-7H,8-9H2,1-2H3,(H,16,17). The molecule has 2 rings (SSSR count). The van der Waals surface area contributed by atoms with Crippen LogP contribution in [0.15, 0.2) is 30.7 Å². The molecule has 1 amide bonds. The number of H-pyrrole nitrogens is 1. The van der Waals surface area contributed by atoms with Gasteiger partial charge in [0.2, 0.25) is 5.91 Å². The Balaban J connectivity index is 1.91. The lowest BCUT2D eigenvalue weighted by molar-refractivity contribution is -0.128. The molecule has 2 heterocycles. The van der Waals surface area contributed by atoms with Crippen molar-refractivity contribution in [3.63, 3.8) is 0 Å². The van der Waals surface area contributed by atoms with Crippen LogP contribution >= 0.6 is 11.6 Å². The van der Waals surface area contributed by atoms with E-state index >= 15 is 0 Å². The van der Waals surface area contributed by atoms with Crippen LogP contribution in [0.25, 0.3) is 0 Å². The van der Waals surface area contributed by atoms with Crippen LogP contribution in [-0.2, 0) is 11.3 Å². The highest BCUT2D eigenvalue weighted by molar-refractivity contribution is 6.30. The molecule has 0 aliphatic rings. The molecule has 0 aliphatic carbocycles. The molecule has 0 saturated carbocycles. The minimum Gasteiger partial charge on any atom is -0.350 e. The summed E-state index contributed by atoms with van der Waals surface area (Å²) >= 11 is 5.79. The van der Waals surface area contributed by atoms with Crippen molar-refractivity contribution >= 4 is 23.3 Å². The number of rotatable bonds is 5. The van der Waals surface area contributed by atoms with Crippen molar-refractivity contribution < 1.29 is 4.79 Å². The van der Waals surface area contributed by atoms with Gasteiger partial charge in [-0.25, -0.2) is 4.98 Å². The van der Waals surface area contributed by atoms with Gasteiger partial charge in [0.25, 0.3) is 0 Å². The van der Waals surface area contributed by atoms with E-state index in [1.54, 1.807) is 47.6 Å². The number of amides is 1. The Kier molecular flexibility index (Phi) is 4.57. The third-order valence-corrected chi connectivity index (χ3v) is 3.10. The van der Waals surface area contributed by atoms with Gasteiger partial charge < -0.3 is 9.80 Å². The Labute approximate surface area is 122 Å². The summed E-state index contributed by atoms with van der Waals surface area (Å²) in [5.74, 6) is 0.713. The van der Waals surface area contributed by atoms with E-state index in [-0.39, 0.29) is 12.5 Å². The van der Waals surface area contributed by atoms with Gasteiger partial charge in [0.05, 0.1) is 17.8 Å². The zero-order chi connectivity index (χ0) is 14.5. The molecule has 6 nitrogen and oxygen atoms in total. The molecule has 2 aromatic rings. The largest absolute Gasteiger partial charge is 0.350 e. The molecule has 0 bridgehead atoms. The quantitative estimate of drug-likeness (QED) is 0.908. The first-order valence-electron chi connectivity index (χ1n) is 6.10. The Bertz CT molecular complexity index is 555. The molecule has 0 saturated heterocycles. The van der Waals surface area contributed by atoms with Gasteiger partial charge in [-0.1, -0.05) is 11.6 Å². The maximum absolute atomic E-state index is 12.1. The number of likely N-dealkylation sites (N-methyl/N-ethyl adjacent to an activating group) is 2. The molecule has 0 spiro atoms. The Hall–Kier alpha value is -2.08. The van der Waals surface area contributed by atoms with E-state index in [2.05, 4.69) is 15.2 Å². The monoisotopic (exact) mass is 293 g/mol. The number of pyridine rings is 1. The van der Waals surface area contributed by atoms with Gasteiger partial charge in [0, 0.05) is 38.6 Å². The van der Waals surface area contributed by atoms with Crippen LogP contribution in [0.5, 0.6) is 0 Å². The van der Waals surface area contributed by atoms with Crippen LogP contribution in [-0.4, -0.2) is 46.6 Å². The van der Waals surface area contributed by atoms with Crippen molar-refractivity contribution in [3.8, 4) is 0 Å². The summed E-state index contributed by atoms with van der Waals surface area (Å²) in [4.78, 5) is 19.7. The first kappa shape index (κ1) is 14.3. The topological polar surface area (TPSA) is 65.1 Å². The summed E-state index contributed by atoms with van der Waals surface area (Å²) in [6.07, 6.45) is 5.04. The normalized spacial score (nSPS) is 10.3. The fraction of sp³-hybridized carbons (Fsp3) is 0.308. The number of nitrogens with one attached hydrogen (secondary N) is 1. The summed E-state index contributed by atoms with van der Waals surface area (Å²) in [5, 5.41) is 7.16. The van der Waals surface area contributed by atoms with Crippen LogP contribution in [0, 0.1) is 0 Å². The van der Waals surface area contributed by atoms with Crippen LogP contribution in [0.2, 0.25) is 5.02 Å². The molecule has 106 valence electrons. The van der Waals surface area contributed by atoms with E-state index in [1.807, 2.05) is 7.05 Å². The van der Waals surface area contributed by atoms with Crippen molar-refractivity contribution in [2.75, 3.05) is 25.5 Å². The Morgan fingerprint density at radius 1 is 1.35 bits per heavy atom. The Morgan fingerprint density at radius 3 is 2.75 bits per heavy atom. The molecular weight excluding hydrogens is 278 g/mol. The lowest BCUT2D eigenvalue weighted by Gasteiger charge is -2.22. The molecular formula is C13H16ClN5O. The molecule has 0 radical (unpaired) electrons. The molecule has 0 atom stereocenters. The number of aromatic nitrogens is 3. The van der Waals surface area contributed by atoms with Crippen LogP contribution < -0.4 is 4.90 Å². The average Bonchev–Trinajstić information content (AvgIpc) is 2.92. The Morgan fingerprint density at radius 2 is 2.15 bits per heavy atom. The predicted molar refractivity (Wildman–Crippen MR) is 77.6 cm³/mol. The van der Waals surface area contributed by atoms with Gasteiger partial charge in [0.1, 0.15) is 5.82 Å². The van der Waals surface area contributed by atoms with Crippen molar-refractivity contribution in [1.82, 2.24) is 20.1 Å². The molecule has 20 heavy (non-hydrogen) atoms. The fourth-order valence-corrected chi connectivity index (χ4v) is 1.84. The van der Waals surface area contributed by atoms with Gasteiger partial charge in [0.15, 0.2) is 0 Å². The average molecular weight is 294 g/mol. The van der Waals surface area contributed by atoms with Crippen molar-refractivity contribution in [3.05, 3.63) is 41.3 Å². The highest BCUT2D eigenvalue weighted by Crippen LogP contribution is 2.13. The summed E-state index contributed by atoms with van der Waals surface area (Å²) in [7, 11) is 3.58. The summed E-state index contributed by atoms with van der Waals surface area (Å²) in [6, 6.07) is 3.53. The molecule has 0 aromatic carbocycles. The smallest absolute Gasteiger partial charge is 0.242 e. The summed E-state index contributed by atoms with van der Waals surface area (Å²) in [6.45, 7) is 0.778. The van der Waals surface area contributed by atoms with Crippen LogP contribution in [0.1, 0.15) is 5.56 Å². The molecule has 0 unspecified atom stereocenters. The molecule has 7 heteroatoms. The third kappa shape index (κ3) is 3.71. The second-order valence-electron chi connectivity index (χ2n) is 4.55. The van der Waals surface area contributed by atoms with Gasteiger partial charge in [-0.3, -0.25) is 9.89 Å². The van der Waals surface area contributed by atoms with E-state index in [1.165, 1.54) is 0 Å². The first-order chi connectivity index (χ1) is 9.56. The van der Waals surface area contributed by atoms with Gasteiger partial charge in [-0.05, 0) is 12.1 Å². The summed E-state index contributed by atoms with van der Waals surface area (Å²) in [5.41, 5.74) is 0.966. The number of halogens is 1. The lowest BCUT2D eigenvalue weighted by Crippen LogP contribution is -2.36. The molecule has 0 aliphatic heterocycles. The third-order valence-electron chi connectivity index (χ3n) is 2.88. The second-order valence-corrected chi connectivity index (χ2v) is 4.98. The fourth-order valence-electron chi connectivity index (χ4n) is 1.72. The van der Waals surface area contributed by atoms with E-state index in [0.29, 0.717) is 17.4 Å². The van der Waals surface area contributed by atoms with E-state index < -0.39 is 0 Å². The maximum Gasteiger partial charge on any atom is 0.242 e. The van der Waals surface area contributed by atoms with Gasteiger partial charge in [-0.2, -0.15) is 5.10 Å². The number of carbonyl (C=O) groups is 1. The van der Waals surface area contributed by atoms with Crippen molar-refractivity contribution in [2.24, 2.45) is 0 Å². The first-order valence-corrected chi connectivity index (χ1v) is 6.48. The maximum atomic E-state index is 12.1. The summed E-state index contributed by atoms with van der Waals surface area (Å²) < 4.78 is 0. The SMILES string of the molecule is CN(Cc1cn[nH]c1)C(=O)CN(C)c1ccc(Cl)cn1. The van der Waals surface area contributed by atoms with Crippen LogP contribution in [0.3, 0.4) is 0 Å². The number of hydrogen-bond donors (Lipinski definition) is 1. The minimum atomic E-state index is 0.00505. The van der Waals surface area contributed by atoms with Gasteiger partial charge in [-0.15, -0.1) is 0 Å². The van der Waals surface area contributed by atoms with E-state index in [4.69, 9.17) is 11.6 Å². The number of hydrogen-bond acceptors (Lipinski definition) is 4. The predicted octanol–water partition coefficient (Wildman–Crippen LogP) is 1.55. The molecule has 1 N–H and O–H groups in total. The zero-order valence-corrected chi connectivity index (χ0v) is 12.1. The van der Waals surface area contributed by atoms with Crippen molar-refractivity contribution in [2.45, 2.75) is 6.54 Å². The number of aromatic amines is 1. The number of anilines is 1. The molecule has 0 fully saturated rings. The minimum absolute atomic E-state index is 0.00505. The zero-order valence-electron chi connectivity index (χ0n) is 11.4. The van der Waals surface area contributed by atoms with Gasteiger partial charge >= 0.3 is 0 Å².